The van der Waals surface area contributed by atoms with Crippen LogP contribution in [0.3, 0.4) is 0 Å². The average Bonchev–Trinajstić information content (AvgIpc) is 2.36. The lowest BCUT2D eigenvalue weighted by atomic mass is 10.1. The zero-order valence-corrected chi connectivity index (χ0v) is 11.2. The second-order valence-corrected chi connectivity index (χ2v) is 4.39. The van der Waals surface area contributed by atoms with E-state index in [4.69, 9.17) is 0 Å². The summed E-state index contributed by atoms with van der Waals surface area (Å²) in [5.74, 6) is -1.73. The minimum atomic E-state index is -4.50. The van der Waals surface area contributed by atoms with Gasteiger partial charge in [-0.15, -0.1) is 0 Å². The van der Waals surface area contributed by atoms with Crippen LogP contribution in [0.5, 0.6) is 0 Å². The van der Waals surface area contributed by atoms with Crippen LogP contribution in [0.25, 0.3) is 0 Å². The molecule has 0 fully saturated rings. The summed E-state index contributed by atoms with van der Waals surface area (Å²) in [6.45, 7) is 2.07. The molecule has 0 aliphatic rings. The summed E-state index contributed by atoms with van der Waals surface area (Å²) in [5.41, 5.74) is -0.131. The predicted octanol–water partition coefficient (Wildman–Crippen LogP) is 3.41. The van der Waals surface area contributed by atoms with Gasteiger partial charge in [-0.25, -0.2) is 4.98 Å². The van der Waals surface area contributed by atoms with Gasteiger partial charge < -0.3 is 4.90 Å². The number of nitrogens with zero attached hydrogens (tertiary/aromatic N) is 2. The monoisotopic (exact) mass is 292 g/mol. The lowest BCUT2D eigenvalue weighted by molar-refractivity contribution is -0.144. The molecule has 20 heavy (non-hydrogen) atoms. The number of aromatic nitrogens is 1. The Hall–Kier alpha value is -1.66. The number of hydrogen-bond acceptors (Lipinski definition) is 2. The quantitative estimate of drug-likeness (QED) is 0.615. The second kappa shape index (κ2) is 6.67. The van der Waals surface area contributed by atoms with Gasteiger partial charge in [0.25, 0.3) is 5.91 Å². The number of rotatable bonds is 5. The molecule has 0 spiro atoms. The van der Waals surface area contributed by atoms with E-state index in [0.717, 1.165) is 17.2 Å². The van der Waals surface area contributed by atoms with Gasteiger partial charge in [0, 0.05) is 23.9 Å². The molecule has 3 nitrogen and oxygen atoms in total. The molecule has 112 valence electrons. The molecule has 0 aromatic carbocycles. The lowest BCUT2D eigenvalue weighted by Gasteiger charge is -2.31. The summed E-state index contributed by atoms with van der Waals surface area (Å²) < 4.78 is 50.8. The fourth-order valence-electron chi connectivity index (χ4n) is 1.99. The second-order valence-electron chi connectivity index (χ2n) is 4.39. The van der Waals surface area contributed by atoms with Crippen LogP contribution in [0.4, 0.5) is 17.6 Å². The Labute approximate surface area is 114 Å². The van der Waals surface area contributed by atoms with E-state index in [1.165, 1.54) is 6.07 Å². The molecule has 0 bridgehead atoms. The third-order valence-corrected chi connectivity index (χ3v) is 2.97. The summed E-state index contributed by atoms with van der Waals surface area (Å²) in [7, 11) is 0. The lowest BCUT2D eigenvalue weighted by Crippen LogP contribution is -2.45. The van der Waals surface area contributed by atoms with Crippen molar-refractivity contribution < 1.29 is 22.4 Å². The number of pyridine rings is 1. The highest BCUT2D eigenvalue weighted by Gasteiger charge is 2.36. The van der Waals surface area contributed by atoms with Crippen LogP contribution >= 0.6 is 0 Å². The highest BCUT2D eigenvalue weighted by atomic mass is 19.4. The molecule has 0 unspecified atom stereocenters. The molecule has 1 aromatic rings. The Morgan fingerprint density at radius 2 is 1.95 bits per heavy atom. The fourth-order valence-corrected chi connectivity index (χ4v) is 1.99. The van der Waals surface area contributed by atoms with Crippen LogP contribution in [0.1, 0.15) is 37.0 Å². The van der Waals surface area contributed by atoms with Gasteiger partial charge in [-0.2, -0.15) is 17.6 Å². The van der Waals surface area contributed by atoms with Crippen molar-refractivity contribution in [3.63, 3.8) is 0 Å². The summed E-state index contributed by atoms with van der Waals surface area (Å²) in [6.07, 6.45) is -2.65. The summed E-state index contributed by atoms with van der Waals surface area (Å²) in [6, 6.07) is 1.51. The molecule has 1 heterocycles. The Balaban J connectivity index is 3.06. The van der Waals surface area contributed by atoms with Crippen molar-refractivity contribution >= 4 is 5.91 Å². The van der Waals surface area contributed by atoms with E-state index < -0.39 is 30.6 Å². The maximum absolute atomic E-state index is 13.0. The van der Waals surface area contributed by atoms with Gasteiger partial charge in [0.15, 0.2) is 0 Å². The molecule has 0 aliphatic carbocycles. The standard InChI is InChI=1S/C13H16F4N2O/c1-3-10(4-2)19(8-13(15,16)17)12(20)9-5-6-18-11(14)7-9/h5-7,10H,3-4,8H2,1-2H3. The number of amides is 1. The van der Waals surface area contributed by atoms with E-state index in [1.54, 1.807) is 13.8 Å². The first-order valence-electron chi connectivity index (χ1n) is 6.27. The first kappa shape index (κ1) is 16.4. The molecule has 7 heteroatoms. The molecule has 0 aliphatic heterocycles. The van der Waals surface area contributed by atoms with Crippen molar-refractivity contribution in [3.05, 3.63) is 29.8 Å². The molecule has 0 atom stereocenters. The maximum Gasteiger partial charge on any atom is 0.406 e. The highest BCUT2D eigenvalue weighted by Crippen LogP contribution is 2.22. The summed E-state index contributed by atoms with van der Waals surface area (Å²) in [4.78, 5) is 16.2. The minimum absolute atomic E-state index is 0.131. The zero-order chi connectivity index (χ0) is 15.3. The van der Waals surface area contributed by atoms with Crippen molar-refractivity contribution in [2.45, 2.75) is 38.9 Å². The van der Waals surface area contributed by atoms with Crippen molar-refractivity contribution in [1.82, 2.24) is 9.88 Å². The topological polar surface area (TPSA) is 33.2 Å². The normalized spacial score (nSPS) is 11.8. The smallest absolute Gasteiger partial charge is 0.327 e. The van der Waals surface area contributed by atoms with Crippen LogP contribution in [0, 0.1) is 5.95 Å². The SMILES string of the molecule is CCC(CC)N(CC(F)(F)F)C(=O)c1ccnc(F)c1. The van der Waals surface area contributed by atoms with Crippen LogP contribution < -0.4 is 0 Å². The van der Waals surface area contributed by atoms with Crippen molar-refractivity contribution in [2.24, 2.45) is 0 Å². The molecule has 0 N–H and O–H groups in total. The summed E-state index contributed by atoms with van der Waals surface area (Å²) in [5, 5.41) is 0. The highest BCUT2D eigenvalue weighted by molar-refractivity contribution is 5.94. The van der Waals surface area contributed by atoms with Crippen LogP contribution in [0.2, 0.25) is 0 Å². The van der Waals surface area contributed by atoms with Gasteiger partial charge in [-0.1, -0.05) is 13.8 Å². The third-order valence-electron chi connectivity index (χ3n) is 2.97. The number of alkyl halides is 3. The minimum Gasteiger partial charge on any atom is -0.327 e. The zero-order valence-electron chi connectivity index (χ0n) is 11.2. The molecule has 0 saturated heterocycles. The molecule has 1 rings (SSSR count). The Morgan fingerprint density at radius 1 is 1.35 bits per heavy atom. The van der Waals surface area contributed by atoms with E-state index in [1.807, 2.05) is 0 Å². The van der Waals surface area contributed by atoms with E-state index in [-0.39, 0.29) is 5.56 Å². The van der Waals surface area contributed by atoms with Crippen LogP contribution in [-0.4, -0.2) is 34.6 Å². The Kier molecular flexibility index (Phi) is 5.47. The van der Waals surface area contributed by atoms with E-state index in [2.05, 4.69) is 4.98 Å². The molecular weight excluding hydrogens is 276 g/mol. The summed E-state index contributed by atoms with van der Waals surface area (Å²) >= 11 is 0. The van der Waals surface area contributed by atoms with Crippen molar-refractivity contribution in [3.8, 4) is 0 Å². The Morgan fingerprint density at radius 3 is 2.40 bits per heavy atom. The molecule has 1 aromatic heterocycles. The first-order chi connectivity index (χ1) is 9.28. The van der Waals surface area contributed by atoms with Crippen molar-refractivity contribution in [1.29, 1.82) is 0 Å². The molecular formula is C13H16F4N2O. The van der Waals surface area contributed by atoms with Crippen LogP contribution in [0.15, 0.2) is 18.3 Å². The largest absolute Gasteiger partial charge is 0.406 e. The van der Waals surface area contributed by atoms with E-state index >= 15 is 0 Å². The molecule has 0 saturated carbocycles. The number of halogens is 4. The third kappa shape index (κ3) is 4.47. The number of carbonyl (C=O) groups is 1. The molecule has 1 amide bonds. The van der Waals surface area contributed by atoms with Gasteiger partial charge in [-0.05, 0) is 18.9 Å². The van der Waals surface area contributed by atoms with Crippen molar-refractivity contribution in [2.75, 3.05) is 6.54 Å². The predicted molar refractivity (Wildman–Crippen MR) is 65.7 cm³/mol. The maximum atomic E-state index is 13.0. The van der Waals surface area contributed by atoms with Gasteiger partial charge in [0.05, 0.1) is 0 Å². The van der Waals surface area contributed by atoms with Gasteiger partial charge in [0.2, 0.25) is 5.95 Å². The number of hydrogen-bond donors (Lipinski definition) is 0. The molecule has 0 radical (unpaired) electrons. The van der Waals surface area contributed by atoms with Gasteiger partial charge in [-0.3, -0.25) is 4.79 Å². The average molecular weight is 292 g/mol. The van der Waals surface area contributed by atoms with Gasteiger partial charge >= 0.3 is 6.18 Å². The van der Waals surface area contributed by atoms with E-state index in [0.29, 0.717) is 12.8 Å². The van der Waals surface area contributed by atoms with Crippen LogP contribution in [-0.2, 0) is 0 Å². The fraction of sp³-hybridized carbons (Fsp3) is 0.538. The first-order valence-corrected chi connectivity index (χ1v) is 6.27. The van der Waals surface area contributed by atoms with Gasteiger partial charge in [0.1, 0.15) is 6.54 Å². The Bertz CT molecular complexity index is 458. The van der Waals surface area contributed by atoms with E-state index in [9.17, 15) is 22.4 Å². The number of carbonyl (C=O) groups excluding carboxylic acids is 1.